The Morgan fingerprint density at radius 1 is 0.783 bits per heavy atom. The van der Waals surface area contributed by atoms with E-state index in [0.29, 0.717) is 39.9 Å². The number of hydrogen-bond donors (Lipinski definition) is 2. The van der Waals surface area contributed by atoms with Crippen molar-refractivity contribution >= 4 is 46.9 Å². The number of carbonyl (C=O) groups excluding carboxylic acids is 3. The molecule has 4 heterocycles. The third-order valence-electron chi connectivity index (χ3n) is 13.2. The number of benzene rings is 6. The van der Waals surface area contributed by atoms with Crippen molar-refractivity contribution in [2.24, 2.45) is 0 Å². The summed E-state index contributed by atoms with van der Waals surface area (Å²) in [5.41, 5.74) is 6.50. The highest BCUT2D eigenvalue weighted by Crippen LogP contribution is 2.58. The molecule has 1 spiro atoms. The molecule has 1 unspecified atom stereocenters. The molecular formula is C56H51N3O9S. The summed E-state index contributed by atoms with van der Waals surface area (Å²) in [6.07, 6.45) is 5.08. The van der Waals surface area contributed by atoms with Gasteiger partial charge in [0.15, 0.2) is 5.60 Å². The Balaban J connectivity index is 0.873. The van der Waals surface area contributed by atoms with Gasteiger partial charge in [0.2, 0.25) is 5.91 Å². The van der Waals surface area contributed by atoms with Crippen molar-refractivity contribution in [1.29, 1.82) is 0 Å². The number of aliphatic carboxylic acids is 1. The average molecular weight is 942 g/mol. The van der Waals surface area contributed by atoms with E-state index in [-0.39, 0.29) is 37.2 Å². The Morgan fingerprint density at radius 3 is 2.29 bits per heavy atom. The summed E-state index contributed by atoms with van der Waals surface area (Å²) < 4.78 is 26.1. The second-order valence-corrected chi connectivity index (χ2v) is 18.8. The zero-order valence-electron chi connectivity index (χ0n) is 38.3. The Labute approximate surface area is 404 Å². The molecule has 0 bridgehead atoms. The van der Waals surface area contributed by atoms with E-state index in [9.17, 15) is 24.3 Å². The lowest BCUT2D eigenvalue weighted by Crippen LogP contribution is -2.70. The summed E-state index contributed by atoms with van der Waals surface area (Å²) in [6, 6.07) is 43.5. The van der Waals surface area contributed by atoms with Gasteiger partial charge in [-0.3, -0.25) is 14.5 Å². The number of amides is 2. The van der Waals surface area contributed by atoms with E-state index in [4.69, 9.17) is 18.9 Å². The number of ether oxygens (including phenoxy) is 4. The van der Waals surface area contributed by atoms with E-state index in [1.165, 1.54) is 16.7 Å². The zero-order valence-corrected chi connectivity index (χ0v) is 39.1. The second kappa shape index (κ2) is 19.2. The van der Waals surface area contributed by atoms with Crippen LogP contribution >= 0.6 is 11.8 Å². The van der Waals surface area contributed by atoms with Crippen LogP contribution in [0.2, 0.25) is 0 Å². The van der Waals surface area contributed by atoms with Crippen molar-refractivity contribution < 1.29 is 43.2 Å². The molecule has 6 aromatic carbocycles. The summed E-state index contributed by atoms with van der Waals surface area (Å²) in [4.78, 5) is 55.6. The highest BCUT2D eigenvalue weighted by molar-refractivity contribution is 8.00. The smallest absolute Gasteiger partial charge is 0.352 e. The predicted molar refractivity (Wildman–Crippen MR) is 263 cm³/mol. The summed E-state index contributed by atoms with van der Waals surface area (Å²) in [6.45, 7) is 2.39. The number of unbranched alkanes of at least 4 members (excludes halogenated alkanes) is 3. The molecule has 1 fully saturated rings. The first-order valence-corrected chi connectivity index (χ1v) is 24.4. The standard InChI is InChI=1S/C56H51N3O9S/c1-3-4-5-10-17-37-29-45-48(67-47-30-40(58(2)39-18-11-7-12-19-39)24-27-44(47)56(45)43-21-14-13-20-42(43)55(64)68-56)31-46(37)66-32-36-22-25-41(26-23-36)65-33-38-34-69-53-50(52(61)59(53)51(38)54(62)63)57-49(60)28-35-15-8-6-9-16-35/h6-9,11-16,18-27,29-31,50,53H,3-5,10,17,28,32-34H2,1-2H3,(H,57,60)(H,62,63)/t50-,53-,56?/m0/s1. The number of nitrogens with zero attached hydrogens (tertiary/aromatic N) is 2. The average Bonchev–Trinajstić information content (AvgIpc) is 3.67. The molecule has 4 aliphatic rings. The lowest BCUT2D eigenvalue weighted by atomic mass is 9.77. The van der Waals surface area contributed by atoms with Gasteiger partial charge in [0, 0.05) is 58.6 Å². The first kappa shape index (κ1) is 45.3. The summed E-state index contributed by atoms with van der Waals surface area (Å²) in [5.74, 6) is 0.257. The van der Waals surface area contributed by atoms with Gasteiger partial charge in [-0.05, 0) is 78.1 Å². The van der Waals surface area contributed by atoms with E-state index in [0.717, 1.165) is 76.9 Å². The maximum Gasteiger partial charge on any atom is 0.352 e. The van der Waals surface area contributed by atoms with Crippen LogP contribution in [0.1, 0.15) is 76.3 Å². The molecule has 1 saturated heterocycles. The first-order chi connectivity index (χ1) is 33.6. The number of carboxylic acid groups (broad SMARTS) is 1. The van der Waals surface area contributed by atoms with Gasteiger partial charge in [-0.1, -0.05) is 105 Å². The fourth-order valence-electron chi connectivity index (χ4n) is 9.63. The van der Waals surface area contributed by atoms with Gasteiger partial charge in [-0.15, -0.1) is 11.8 Å². The summed E-state index contributed by atoms with van der Waals surface area (Å²) >= 11 is 1.40. The van der Waals surface area contributed by atoms with E-state index >= 15 is 0 Å². The minimum absolute atomic E-state index is 0.0308. The number of esters is 1. The lowest BCUT2D eigenvalue weighted by Gasteiger charge is -2.49. The van der Waals surface area contributed by atoms with E-state index in [1.54, 1.807) is 0 Å². The van der Waals surface area contributed by atoms with Crippen LogP contribution in [0, 0.1) is 0 Å². The van der Waals surface area contributed by atoms with E-state index in [2.05, 4.69) is 23.2 Å². The largest absolute Gasteiger partial charge is 0.489 e. The van der Waals surface area contributed by atoms with Crippen molar-refractivity contribution in [3.63, 3.8) is 0 Å². The number of hydrogen-bond acceptors (Lipinski definition) is 10. The molecule has 2 N–H and O–H groups in total. The number of fused-ring (bicyclic) bond motifs is 7. The number of aryl methyl sites for hydroxylation is 1. The van der Waals surface area contributed by atoms with Gasteiger partial charge >= 0.3 is 11.9 Å². The zero-order chi connectivity index (χ0) is 47.6. The van der Waals surface area contributed by atoms with Crippen molar-refractivity contribution in [3.05, 3.63) is 190 Å². The highest BCUT2D eigenvalue weighted by Gasteiger charge is 2.55. The quantitative estimate of drug-likeness (QED) is 0.0512. The third-order valence-corrected chi connectivity index (χ3v) is 14.6. The maximum absolute atomic E-state index is 13.7. The molecule has 12 nitrogen and oxygen atoms in total. The molecule has 69 heavy (non-hydrogen) atoms. The number of rotatable bonds is 17. The predicted octanol–water partition coefficient (Wildman–Crippen LogP) is 10.1. The molecule has 0 radical (unpaired) electrons. The molecule has 0 saturated carbocycles. The summed E-state index contributed by atoms with van der Waals surface area (Å²) in [7, 11) is 2.00. The third kappa shape index (κ3) is 8.67. The summed E-state index contributed by atoms with van der Waals surface area (Å²) in [5, 5.41) is 12.5. The van der Waals surface area contributed by atoms with Gasteiger partial charge in [0.1, 0.15) is 53.3 Å². The molecular weight excluding hydrogens is 891 g/mol. The minimum Gasteiger partial charge on any atom is -0.489 e. The first-order valence-electron chi connectivity index (χ1n) is 23.3. The number of carbonyl (C=O) groups is 4. The highest BCUT2D eigenvalue weighted by atomic mass is 32.2. The topological polar surface area (TPSA) is 144 Å². The maximum atomic E-state index is 13.7. The van der Waals surface area contributed by atoms with Crippen LogP contribution in [0.5, 0.6) is 23.0 Å². The molecule has 0 aliphatic carbocycles. The Morgan fingerprint density at radius 2 is 1.52 bits per heavy atom. The number of nitrogens with one attached hydrogen (secondary N) is 1. The number of thioether (sulfide) groups is 1. The number of para-hydroxylation sites is 1. The monoisotopic (exact) mass is 941 g/mol. The van der Waals surface area contributed by atoms with Crippen molar-refractivity contribution in [1.82, 2.24) is 10.2 Å². The van der Waals surface area contributed by atoms with Gasteiger partial charge in [-0.25, -0.2) is 9.59 Å². The van der Waals surface area contributed by atoms with Crippen molar-refractivity contribution in [3.8, 4) is 23.0 Å². The van der Waals surface area contributed by atoms with Crippen LogP contribution in [0.4, 0.5) is 11.4 Å². The van der Waals surface area contributed by atoms with Crippen molar-refractivity contribution in [2.75, 3.05) is 24.3 Å². The second-order valence-electron chi connectivity index (χ2n) is 17.7. The fraction of sp³-hybridized carbons (Fsp3) is 0.250. The number of β-lactam (4-membered cyclic amide) rings is 1. The molecule has 10 rings (SSSR count). The normalized spacial score (nSPS) is 18.5. The number of carboxylic acids is 1. The van der Waals surface area contributed by atoms with E-state index < -0.39 is 28.9 Å². The SMILES string of the molecule is CCCCCCc1cc2c(cc1OCc1ccc(OCC3=C(C(=O)O)N4C(=O)[C@H](NC(=O)Cc5ccccc5)[C@@H]4SC3)cc1)Oc1cc(N(C)c3ccccc3)ccc1C21OC(=O)c2ccccc21. The Kier molecular flexibility index (Phi) is 12.6. The Hall–Kier alpha value is -7.51. The van der Waals surface area contributed by atoms with Gasteiger partial charge in [0.05, 0.1) is 12.0 Å². The van der Waals surface area contributed by atoms with Crippen LogP contribution < -0.4 is 24.4 Å². The Bertz CT molecular complexity index is 2980. The molecule has 13 heteroatoms. The molecule has 4 aliphatic heterocycles. The van der Waals surface area contributed by atoms with Crippen LogP contribution in [0.25, 0.3) is 0 Å². The molecule has 6 aromatic rings. The number of anilines is 2. The van der Waals surface area contributed by atoms with Crippen molar-refractivity contribution in [2.45, 2.75) is 69.1 Å². The van der Waals surface area contributed by atoms with Gasteiger partial charge in [-0.2, -0.15) is 0 Å². The fourth-order valence-corrected chi connectivity index (χ4v) is 11.0. The molecule has 3 atom stereocenters. The molecule has 350 valence electrons. The van der Waals surface area contributed by atoms with Crippen LogP contribution in [0.3, 0.4) is 0 Å². The molecule has 0 aromatic heterocycles. The molecule has 2 amide bonds. The van der Waals surface area contributed by atoms with Gasteiger partial charge < -0.3 is 34.3 Å². The minimum atomic E-state index is -1.24. The van der Waals surface area contributed by atoms with Crippen LogP contribution in [-0.4, -0.2) is 64.6 Å². The van der Waals surface area contributed by atoms with E-state index in [1.807, 2.05) is 141 Å². The van der Waals surface area contributed by atoms with Crippen LogP contribution in [0.15, 0.2) is 151 Å². The van der Waals surface area contributed by atoms with Gasteiger partial charge in [0.25, 0.3) is 5.91 Å². The van der Waals surface area contributed by atoms with Crippen LogP contribution in [-0.2, 0) is 44.2 Å². The lowest BCUT2D eigenvalue weighted by molar-refractivity contribution is -0.150.